The Labute approximate surface area is 189 Å². The maximum Gasteiger partial charge on any atom is 0.248 e. The number of nitrogens with two attached hydrogens (primary N) is 2. The Hall–Kier alpha value is -4.48. The molecule has 0 aliphatic rings. The number of primary amides is 1. The van der Waals surface area contributed by atoms with Gasteiger partial charge in [-0.25, -0.2) is 9.67 Å². The number of hydrogen-bond acceptors (Lipinski definition) is 8. The van der Waals surface area contributed by atoms with Gasteiger partial charge in [-0.3, -0.25) is 9.59 Å². The Kier molecular flexibility index (Phi) is 5.89. The summed E-state index contributed by atoms with van der Waals surface area (Å²) in [4.78, 5) is 36.7. The minimum Gasteiger partial charge on any atom is -0.368 e. The predicted octanol–water partition coefficient (Wildman–Crippen LogP) is 1.28. The van der Waals surface area contributed by atoms with Crippen molar-refractivity contribution in [1.29, 1.82) is 0 Å². The quantitative estimate of drug-likeness (QED) is 0.312. The van der Waals surface area contributed by atoms with E-state index in [1.807, 2.05) is 19.9 Å². The molecule has 0 radical (unpaired) electrons. The van der Waals surface area contributed by atoms with Crippen molar-refractivity contribution < 1.29 is 9.59 Å². The van der Waals surface area contributed by atoms with E-state index in [9.17, 15) is 9.59 Å². The molecule has 1 aromatic carbocycles. The molecule has 12 nitrogen and oxygen atoms in total. The number of aryl methyl sites for hydroxylation is 2. The normalized spacial score (nSPS) is 11.0. The molecular weight excluding hydrogens is 424 g/mol. The number of aromatic nitrogens is 6. The van der Waals surface area contributed by atoms with Crippen molar-refractivity contribution >= 4 is 40.6 Å². The highest BCUT2D eigenvalue weighted by molar-refractivity contribution is 5.93. The second-order valence-corrected chi connectivity index (χ2v) is 7.42. The van der Waals surface area contributed by atoms with Crippen molar-refractivity contribution in [3.05, 3.63) is 53.5 Å². The van der Waals surface area contributed by atoms with Gasteiger partial charge in [0.15, 0.2) is 17.0 Å². The summed E-state index contributed by atoms with van der Waals surface area (Å²) in [5.74, 6) is 0.392. The monoisotopic (exact) mass is 448 g/mol. The van der Waals surface area contributed by atoms with Crippen LogP contribution in [0.15, 0.2) is 36.7 Å². The SMILES string of the molecule is CCn1nc(C)cc1NC(=O)Cn1cnc2c(NCc3ccc(C(N)=O)cc3)nc(N)nc21. The van der Waals surface area contributed by atoms with Crippen LogP contribution in [-0.2, 0) is 24.4 Å². The molecule has 33 heavy (non-hydrogen) atoms. The highest BCUT2D eigenvalue weighted by Gasteiger charge is 2.15. The van der Waals surface area contributed by atoms with Crippen LogP contribution in [0.2, 0.25) is 0 Å². The predicted molar refractivity (Wildman–Crippen MR) is 123 cm³/mol. The number of carbonyl (C=O) groups excluding carboxylic acids is 2. The second-order valence-electron chi connectivity index (χ2n) is 7.42. The van der Waals surface area contributed by atoms with Crippen LogP contribution in [0, 0.1) is 6.92 Å². The average Bonchev–Trinajstić information content (AvgIpc) is 3.34. The molecule has 12 heteroatoms. The summed E-state index contributed by atoms with van der Waals surface area (Å²) >= 11 is 0. The first kappa shape index (κ1) is 21.7. The molecule has 0 atom stereocenters. The van der Waals surface area contributed by atoms with Crippen LogP contribution >= 0.6 is 0 Å². The lowest BCUT2D eigenvalue weighted by atomic mass is 10.1. The molecule has 2 amide bonds. The van der Waals surface area contributed by atoms with Gasteiger partial charge in [0.1, 0.15) is 12.4 Å². The lowest BCUT2D eigenvalue weighted by Gasteiger charge is -2.09. The Balaban J connectivity index is 1.51. The Bertz CT molecular complexity index is 1320. The molecule has 0 saturated heterocycles. The van der Waals surface area contributed by atoms with E-state index in [1.54, 1.807) is 33.5 Å². The zero-order valence-corrected chi connectivity index (χ0v) is 18.2. The lowest BCUT2D eigenvalue weighted by Crippen LogP contribution is -2.20. The first-order chi connectivity index (χ1) is 15.8. The maximum absolute atomic E-state index is 12.6. The number of rotatable bonds is 8. The fourth-order valence-electron chi connectivity index (χ4n) is 3.40. The van der Waals surface area contributed by atoms with E-state index in [4.69, 9.17) is 11.5 Å². The molecule has 170 valence electrons. The molecule has 0 unspecified atom stereocenters. The molecule has 0 aliphatic heterocycles. The topological polar surface area (TPSA) is 172 Å². The van der Waals surface area contributed by atoms with Gasteiger partial charge < -0.3 is 26.7 Å². The molecule has 4 rings (SSSR count). The second kappa shape index (κ2) is 8.94. The van der Waals surface area contributed by atoms with E-state index in [0.29, 0.717) is 41.5 Å². The van der Waals surface area contributed by atoms with Gasteiger partial charge >= 0.3 is 0 Å². The van der Waals surface area contributed by atoms with Crippen LogP contribution in [0.4, 0.5) is 17.6 Å². The number of anilines is 3. The molecule has 3 heterocycles. The number of carbonyl (C=O) groups is 2. The number of hydrogen-bond donors (Lipinski definition) is 4. The largest absolute Gasteiger partial charge is 0.368 e. The van der Waals surface area contributed by atoms with E-state index < -0.39 is 5.91 Å². The third-order valence-electron chi connectivity index (χ3n) is 4.96. The van der Waals surface area contributed by atoms with Gasteiger partial charge in [0.25, 0.3) is 0 Å². The maximum atomic E-state index is 12.6. The highest BCUT2D eigenvalue weighted by Crippen LogP contribution is 2.21. The number of nitrogens with one attached hydrogen (secondary N) is 2. The standard InChI is InChI=1S/C21H24N10O2/c1-3-31-15(8-12(2)29-31)26-16(32)10-30-11-25-17-19(27-21(23)28-20(17)30)24-9-13-4-6-14(7-5-13)18(22)33/h4-8,11H,3,9-10H2,1-2H3,(H2,22,33)(H,26,32)(H3,23,24,27,28). The molecular formula is C21H24N10O2. The van der Waals surface area contributed by atoms with Crippen molar-refractivity contribution in [3.8, 4) is 0 Å². The van der Waals surface area contributed by atoms with Crippen LogP contribution < -0.4 is 22.1 Å². The molecule has 3 aromatic heterocycles. The number of benzene rings is 1. The van der Waals surface area contributed by atoms with Gasteiger partial charge in [0, 0.05) is 24.7 Å². The first-order valence-corrected chi connectivity index (χ1v) is 10.3. The lowest BCUT2D eigenvalue weighted by molar-refractivity contribution is -0.116. The zero-order valence-electron chi connectivity index (χ0n) is 18.2. The van der Waals surface area contributed by atoms with Gasteiger partial charge in [0.05, 0.1) is 12.0 Å². The summed E-state index contributed by atoms with van der Waals surface area (Å²) in [6, 6.07) is 8.71. The third kappa shape index (κ3) is 4.74. The number of fused-ring (bicyclic) bond motifs is 1. The van der Waals surface area contributed by atoms with Crippen LogP contribution in [0.5, 0.6) is 0 Å². The molecule has 0 saturated carbocycles. The Morgan fingerprint density at radius 1 is 1.15 bits per heavy atom. The van der Waals surface area contributed by atoms with Crippen molar-refractivity contribution in [3.63, 3.8) is 0 Å². The van der Waals surface area contributed by atoms with E-state index in [-0.39, 0.29) is 18.4 Å². The Morgan fingerprint density at radius 3 is 2.61 bits per heavy atom. The molecule has 4 aromatic rings. The summed E-state index contributed by atoms with van der Waals surface area (Å²) in [5, 5.41) is 10.4. The Morgan fingerprint density at radius 2 is 1.91 bits per heavy atom. The number of imidazole rings is 1. The van der Waals surface area contributed by atoms with Crippen molar-refractivity contribution in [1.82, 2.24) is 29.3 Å². The fraction of sp³-hybridized carbons (Fsp3) is 0.238. The van der Waals surface area contributed by atoms with Crippen molar-refractivity contribution in [2.24, 2.45) is 5.73 Å². The van der Waals surface area contributed by atoms with Crippen LogP contribution in [-0.4, -0.2) is 41.1 Å². The van der Waals surface area contributed by atoms with Crippen LogP contribution in [0.25, 0.3) is 11.2 Å². The smallest absolute Gasteiger partial charge is 0.248 e. The number of nitrogen functional groups attached to an aromatic ring is 1. The minimum absolute atomic E-state index is 0.00504. The number of nitrogens with zero attached hydrogens (tertiary/aromatic N) is 6. The van der Waals surface area contributed by atoms with Gasteiger partial charge in [0.2, 0.25) is 17.8 Å². The van der Waals surface area contributed by atoms with Crippen LogP contribution in [0.1, 0.15) is 28.5 Å². The first-order valence-electron chi connectivity index (χ1n) is 10.3. The highest BCUT2D eigenvalue weighted by atomic mass is 16.2. The van der Waals surface area contributed by atoms with Crippen LogP contribution in [0.3, 0.4) is 0 Å². The van der Waals surface area contributed by atoms with Gasteiger partial charge in [-0.2, -0.15) is 15.1 Å². The van der Waals surface area contributed by atoms with E-state index in [2.05, 4.69) is 30.7 Å². The number of amides is 2. The molecule has 0 spiro atoms. The summed E-state index contributed by atoms with van der Waals surface area (Å²) in [5.41, 5.74) is 14.3. The zero-order chi connectivity index (χ0) is 23.5. The fourth-order valence-corrected chi connectivity index (χ4v) is 3.40. The van der Waals surface area contributed by atoms with Gasteiger partial charge in [-0.05, 0) is 31.5 Å². The van der Waals surface area contributed by atoms with Crippen molar-refractivity contribution in [2.75, 3.05) is 16.4 Å². The summed E-state index contributed by atoms with van der Waals surface area (Å²) in [6.45, 7) is 4.87. The van der Waals surface area contributed by atoms with Gasteiger partial charge in [-0.15, -0.1) is 0 Å². The molecule has 6 N–H and O–H groups in total. The molecule has 0 bridgehead atoms. The van der Waals surface area contributed by atoms with E-state index in [0.717, 1.165) is 11.3 Å². The summed E-state index contributed by atoms with van der Waals surface area (Å²) in [7, 11) is 0. The molecule has 0 fully saturated rings. The summed E-state index contributed by atoms with van der Waals surface area (Å²) < 4.78 is 3.33. The van der Waals surface area contributed by atoms with Crippen molar-refractivity contribution in [2.45, 2.75) is 33.5 Å². The van der Waals surface area contributed by atoms with E-state index in [1.165, 1.54) is 6.33 Å². The minimum atomic E-state index is -0.483. The average molecular weight is 448 g/mol. The van der Waals surface area contributed by atoms with E-state index >= 15 is 0 Å². The summed E-state index contributed by atoms with van der Waals surface area (Å²) in [6.07, 6.45) is 1.52. The third-order valence-corrected chi connectivity index (χ3v) is 4.96. The molecule has 0 aliphatic carbocycles. The van der Waals surface area contributed by atoms with Gasteiger partial charge in [-0.1, -0.05) is 12.1 Å².